The minimum atomic E-state index is -0.693. The molecule has 3 aromatic rings. The quantitative estimate of drug-likeness (QED) is 0.242. The number of nitrogens with zero attached hydrogens (tertiary/aromatic N) is 1. The summed E-state index contributed by atoms with van der Waals surface area (Å²) >= 11 is 14.5. The van der Waals surface area contributed by atoms with Crippen LogP contribution in [0.3, 0.4) is 0 Å². The zero-order valence-corrected chi connectivity index (χ0v) is 22.8. The van der Waals surface area contributed by atoms with Gasteiger partial charge in [0.25, 0.3) is 0 Å². The minimum absolute atomic E-state index is 0.126. The van der Waals surface area contributed by atoms with Crippen molar-refractivity contribution < 1.29 is 9.59 Å². The maximum absolute atomic E-state index is 13.7. The number of carbonyl (C=O) groups excluding carboxylic acids is 2. The summed E-state index contributed by atoms with van der Waals surface area (Å²) in [7, 11) is 0. The van der Waals surface area contributed by atoms with Crippen LogP contribution in [-0.2, 0) is 28.3 Å². The zero-order valence-electron chi connectivity index (χ0n) is 20.5. The highest BCUT2D eigenvalue weighted by Gasteiger charge is 2.31. The van der Waals surface area contributed by atoms with Crippen molar-refractivity contribution in [3.05, 3.63) is 106 Å². The minimum Gasteiger partial charge on any atom is -0.354 e. The summed E-state index contributed by atoms with van der Waals surface area (Å²) in [5.41, 5.74) is 2.77. The average Bonchev–Trinajstić information content (AvgIpc) is 2.89. The van der Waals surface area contributed by atoms with Crippen molar-refractivity contribution in [3.8, 4) is 0 Å². The summed E-state index contributed by atoms with van der Waals surface area (Å²) in [4.78, 5) is 28.7. The Morgan fingerprint density at radius 2 is 1.50 bits per heavy atom. The van der Waals surface area contributed by atoms with E-state index in [0.29, 0.717) is 34.3 Å². The molecule has 36 heavy (non-hydrogen) atoms. The van der Waals surface area contributed by atoms with E-state index in [1.165, 1.54) is 11.8 Å². The van der Waals surface area contributed by atoms with Crippen LogP contribution in [0.15, 0.2) is 78.9 Å². The van der Waals surface area contributed by atoms with Gasteiger partial charge in [-0.3, -0.25) is 9.59 Å². The van der Waals surface area contributed by atoms with E-state index in [0.717, 1.165) is 24.0 Å². The standard InChI is InChI=1S/C29H32Cl2N2O2S/c1-2-3-17-32-29(35)27(18-22-11-6-4-7-12-22)33(19-24-25(30)15-10-16-26(24)31)28(34)21-36-20-23-13-8-5-9-14-23/h4-16,27H,2-3,17-21H2,1H3,(H,32,35)/t27-/m1/s1. The lowest BCUT2D eigenvalue weighted by Gasteiger charge is -2.32. The van der Waals surface area contributed by atoms with Crippen LogP contribution in [0.25, 0.3) is 0 Å². The molecule has 0 radical (unpaired) electrons. The van der Waals surface area contributed by atoms with Crippen molar-refractivity contribution in [2.75, 3.05) is 12.3 Å². The SMILES string of the molecule is CCCCNC(=O)[C@@H](Cc1ccccc1)N(Cc1c(Cl)cccc1Cl)C(=O)CSCc1ccccc1. The van der Waals surface area contributed by atoms with Crippen LogP contribution >= 0.6 is 35.0 Å². The third-order valence-electron chi connectivity index (χ3n) is 5.83. The Balaban J connectivity index is 1.88. The second-order valence-electron chi connectivity index (χ2n) is 8.55. The molecule has 0 unspecified atom stereocenters. The fourth-order valence-electron chi connectivity index (χ4n) is 3.83. The second-order valence-corrected chi connectivity index (χ2v) is 10.4. The van der Waals surface area contributed by atoms with Gasteiger partial charge < -0.3 is 10.2 Å². The van der Waals surface area contributed by atoms with Crippen LogP contribution in [0.5, 0.6) is 0 Å². The Bertz CT molecular complexity index is 1090. The Labute approximate surface area is 228 Å². The van der Waals surface area contributed by atoms with Gasteiger partial charge in [-0.2, -0.15) is 0 Å². The lowest BCUT2D eigenvalue weighted by atomic mass is 10.0. The maximum atomic E-state index is 13.7. The molecular formula is C29H32Cl2N2O2S. The summed E-state index contributed by atoms with van der Waals surface area (Å²) in [5, 5.41) is 3.98. The molecule has 3 rings (SSSR count). The van der Waals surface area contributed by atoms with Crippen molar-refractivity contribution in [1.29, 1.82) is 0 Å². The predicted molar refractivity (Wildman–Crippen MR) is 151 cm³/mol. The van der Waals surface area contributed by atoms with Gasteiger partial charge in [-0.1, -0.05) is 103 Å². The van der Waals surface area contributed by atoms with Gasteiger partial charge in [0.1, 0.15) is 6.04 Å². The molecule has 0 saturated heterocycles. The van der Waals surface area contributed by atoms with Crippen LogP contribution in [-0.4, -0.2) is 35.1 Å². The molecule has 4 nitrogen and oxygen atoms in total. The monoisotopic (exact) mass is 542 g/mol. The summed E-state index contributed by atoms with van der Waals surface area (Å²) in [6.45, 7) is 2.80. The van der Waals surface area contributed by atoms with Crippen molar-refractivity contribution in [1.82, 2.24) is 10.2 Å². The van der Waals surface area contributed by atoms with E-state index >= 15 is 0 Å². The van der Waals surface area contributed by atoms with Gasteiger partial charge in [0.05, 0.1) is 5.75 Å². The molecular weight excluding hydrogens is 511 g/mol. The van der Waals surface area contributed by atoms with E-state index in [1.54, 1.807) is 23.1 Å². The van der Waals surface area contributed by atoms with Gasteiger partial charge in [-0.05, 0) is 29.7 Å². The number of unbranched alkanes of at least 4 members (excludes halogenated alkanes) is 1. The first-order valence-corrected chi connectivity index (χ1v) is 14.1. The summed E-state index contributed by atoms with van der Waals surface area (Å²) in [6.07, 6.45) is 2.24. The molecule has 0 spiro atoms. The number of hydrogen-bond acceptors (Lipinski definition) is 3. The number of hydrogen-bond donors (Lipinski definition) is 1. The van der Waals surface area contributed by atoms with E-state index in [9.17, 15) is 9.59 Å². The molecule has 7 heteroatoms. The van der Waals surface area contributed by atoms with Crippen LogP contribution < -0.4 is 5.32 Å². The van der Waals surface area contributed by atoms with Gasteiger partial charge in [0, 0.05) is 40.9 Å². The number of thioether (sulfide) groups is 1. The van der Waals surface area contributed by atoms with Gasteiger partial charge in [-0.15, -0.1) is 11.8 Å². The molecule has 0 aliphatic heterocycles. The lowest BCUT2D eigenvalue weighted by Crippen LogP contribution is -2.51. The number of rotatable bonds is 13. The highest BCUT2D eigenvalue weighted by Crippen LogP contribution is 2.28. The van der Waals surface area contributed by atoms with E-state index in [1.807, 2.05) is 60.7 Å². The third-order valence-corrected chi connectivity index (χ3v) is 7.52. The Hall–Kier alpha value is -2.47. The van der Waals surface area contributed by atoms with E-state index in [2.05, 4.69) is 12.2 Å². The summed E-state index contributed by atoms with van der Waals surface area (Å²) in [6, 6.07) is 24.4. The third kappa shape index (κ3) is 8.58. The molecule has 0 fully saturated rings. The molecule has 3 aromatic carbocycles. The predicted octanol–water partition coefficient (Wildman–Crippen LogP) is 6.78. The van der Waals surface area contributed by atoms with Gasteiger partial charge >= 0.3 is 0 Å². The fourth-order valence-corrected chi connectivity index (χ4v) is 5.21. The lowest BCUT2D eigenvalue weighted by molar-refractivity contribution is -0.139. The first-order valence-electron chi connectivity index (χ1n) is 12.1. The number of halogens is 2. The van der Waals surface area contributed by atoms with Crippen LogP contribution in [0.2, 0.25) is 10.0 Å². The Kier molecular flexibility index (Phi) is 11.7. The average molecular weight is 544 g/mol. The van der Waals surface area contributed by atoms with Crippen LogP contribution in [0.1, 0.15) is 36.5 Å². The van der Waals surface area contributed by atoms with Crippen molar-refractivity contribution >= 4 is 46.8 Å². The number of benzene rings is 3. The highest BCUT2D eigenvalue weighted by atomic mass is 35.5. The van der Waals surface area contributed by atoms with E-state index < -0.39 is 6.04 Å². The number of amides is 2. The first kappa shape index (κ1) is 28.1. The molecule has 1 atom stereocenters. The Morgan fingerprint density at radius 3 is 2.11 bits per heavy atom. The van der Waals surface area contributed by atoms with Crippen molar-refractivity contribution in [2.45, 2.75) is 44.5 Å². The fraction of sp³-hybridized carbons (Fsp3) is 0.310. The number of nitrogens with one attached hydrogen (secondary N) is 1. The maximum Gasteiger partial charge on any atom is 0.243 e. The van der Waals surface area contributed by atoms with Crippen molar-refractivity contribution in [3.63, 3.8) is 0 Å². The normalized spacial score (nSPS) is 11.6. The molecule has 0 aromatic heterocycles. The molecule has 0 aliphatic rings. The van der Waals surface area contributed by atoms with E-state index in [-0.39, 0.29) is 24.1 Å². The molecule has 0 aliphatic carbocycles. The zero-order chi connectivity index (χ0) is 25.8. The number of carbonyl (C=O) groups is 2. The second kappa shape index (κ2) is 14.9. The van der Waals surface area contributed by atoms with Gasteiger partial charge in [0.2, 0.25) is 11.8 Å². The smallest absolute Gasteiger partial charge is 0.243 e. The van der Waals surface area contributed by atoms with E-state index in [4.69, 9.17) is 23.2 Å². The molecule has 1 N–H and O–H groups in total. The van der Waals surface area contributed by atoms with Crippen LogP contribution in [0.4, 0.5) is 0 Å². The largest absolute Gasteiger partial charge is 0.354 e. The first-order chi connectivity index (χ1) is 17.5. The Morgan fingerprint density at radius 1 is 0.889 bits per heavy atom. The van der Waals surface area contributed by atoms with Crippen molar-refractivity contribution in [2.24, 2.45) is 0 Å². The molecule has 190 valence electrons. The van der Waals surface area contributed by atoms with Gasteiger partial charge in [0.15, 0.2) is 0 Å². The molecule has 0 heterocycles. The molecule has 0 saturated carbocycles. The van der Waals surface area contributed by atoms with Gasteiger partial charge in [-0.25, -0.2) is 0 Å². The topological polar surface area (TPSA) is 49.4 Å². The van der Waals surface area contributed by atoms with Crippen LogP contribution in [0, 0.1) is 0 Å². The molecule has 0 bridgehead atoms. The summed E-state index contributed by atoms with van der Waals surface area (Å²) in [5.74, 6) is 0.652. The highest BCUT2D eigenvalue weighted by molar-refractivity contribution is 7.99. The molecule has 2 amide bonds. The summed E-state index contributed by atoms with van der Waals surface area (Å²) < 4.78 is 0.